The van der Waals surface area contributed by atoms with Crippen LogP contribution >= 0.6 is 0 Å². The van der Waals surface area contributed by atoms with Crippen molar-refractivity contribution in [2.24, 2.45) is 0 Å². The van der Waals surface area contributed by atoms with Gasteiger partial charge in [-0.1, -0.05) is 29.8 Å². The number of rotatable bonds is 2. The van der Waals surface area contributed by atoms with Gasteiger partial charge in [0.2, 0.25) is 5.95 Å². The molecule has 1 aromatic carbocycles. The molecule has 0 spiro atoms. The van der Waals surface area contributed by atoms with Crippen LogP contribution in [0.5, 0.6) is 0 Å². The average molecular weight is 255 g/mol. The highest BCUT2D eigenvalue weighted by Crippen LogP contribution is 2.19. The van der Waals surface area contributed by atoms with E-state index >= 15 is 0 Å². The number of nitrogens with zero attached hydrogens (tertiary/aromatic N) is 3. The second kappa shape index (κ2) is 5.36. The molecule has 0 atom stereocenters. The van der Waals surface area contributed by atoms with E-state index in [0.29, 0.717) is 0 Å². The highest BCUT2D eigenvalue weighted by molar-refractivity contribution is 5.62. The summed E-state index contributed by atoms with van der Waals surface area (Å²) in [5, 5.41) is 0. The van der Waals surface area contributed by atoms with Crippen molar-refractivity contribution in [3.05, 3.63) is 42.2 Å². The van der Waals surface area contributed by atoms with Gasteiger partial charge in [-0.25, -0.2) is 9.97 Å². The van der Waals surface area contributed by atoms with E-state index in [1.165, 1.54) is 5.56 Å². The summed E-state index contributed by atoms with van der Waals surface area (Å²) in [6.07, 6.45) is 3.78. The highest BCUT2D eigenvalue weighted by Gasteiger charge is 2.13. The minimum Gasteiger partial charge on any atom is -0.378 e. The normalized spacial score (nSPS) is 15.5. The monoisotopic (exact) mass is 255 g/mol. The van der Waals surface area contributed by atoms with Crippen molar-refractivity contribution >= 4 is 5.95 Å². The average Bonchev–Trinajstić information content (AvgIpc) is 2.49. The van der Waals surface area contributed by atoms with Crippen molar-refractivity contribution < 1.29 is 4.74 Å². The first-order valence-electron chi connectivity index (χ1n) is 6.55. The third-order valence-electron chi connectivity index (χ3n) is 3.32. The van der Waals surface area contributed by atoms with Crippen molar-refractivity contribution in [3.63, 3.8) is 0 Å². The Morgan fingerprint density at radius 2 is 1.58 bits per heavy atom. The van der Waals surface area contributed by atoms with Crippen LogP contribution in [-0.2, 0) is 4.74 Å². The number of hydrogen-bond donors (Lipinski definition) is 0. The molecule has 1 fully saturated rings. The molecule has 19 heavy (non-hydrogen) atoms. The largest absolute Gasteiger partial charge is 0.378 e. The zero-order chi connectivity index (χ0) is 13.1. The van der Waals surface area contributed by atoms with Crippen molar-refractivity contribution in [1.29, 1.82) is 0 Å². The van der Waals surface area contributed by atoms with Gasteiger partial charge in [-0.05, 0) is 12.5 Å². The summed E-state index contributed by atoms with van der Waals surface area (Å²) >= 11 is 0. The van der Waals surface area contributed by atoms with Crippen LogP contribution < -0.4 is 4.90 Å². The second-order valence-corrected chi connectivity index (χ2v) is 4.74. The summed E-state index contributed by atoms with van der Waals surface area (Å²) in [6.45, 7) is 5.32. The fourth-order valence-corrected chi connectivity index (χ4v) is 2.14. The van der Waals surface area contributed by atoms with Crippen LogP contribution in [0.25, 0.3) is 11.1 Å². The number of aryl methyl sites for hydroxylation is 1. The molecule has 0 N–H and O–H groups in total. The molecule has 1 aliphatic heterocycles. The van der Waals surface area contributed by atoms with Crippen LogP contribution in [0.1, 0.15) is 5.56 Å². The lowest BCUT2D eigenvalue weighted by atomic mass is 10.1. The molecule has 0 saturated carbocycles. The standard InChI is InChI=1S/C15H17N3O/c1-12-2-4-13(5-3-12)14-10-16-15(17-11-14)18-6-8-19-9-7-18/h2-5,10-11H,6-9H2,1H3. The summed E-state index contributed by atoms with van der Waals surface area (Å²) < 4.78 is 5.33. The molecule has 2 heterocycles. The first kappa shape index (κ1) is 12.1. The van der Waals surface area contributed by atoms with Crippen molar-refractivity contribution in [3.8, 4) is 11.1 Å². The van der Waals surface area contributed by atoms with E-state index in [4.69, 9.17) is 4.74 Å². The van der Waals surface area contributed by atoms with Gasteiger partial charge in [0.25, 0.3) is 0 Å². The molecule has 0 radical (unpaired) electrons. The number of aromatic nitrogens is 2. The van der Waals surface area contributed by atoms with Gasteiger partial charge in [-0.15, -0.1) is 0 Å². The van der Waals surface area contributed by atoms with Gasteiger partial charge in [0.05, 0.1) is 13.2 Å². The predicted molar refractivity (Wildman–Crippen MR) is 75.2 cm³/mol. The number of benzene rings is 1. The second-order valence-electron chi connectivity index (χ2n) is 4.74. The van der Waals surface area contributed by atoms with Crippen LogP contribution in [0.4, 0.5) is 5.95 Å². The topological polar surface area (TPSA) is 38.2 Å². The van der Waals surface area contributed by atoms with Crippen molar-refractivity contribution in [1.82, 2.24) is 9.97 Å². The Bertz CT molecular complexity index is 530. The summed E-state index contributed by atoms with van der Waals surface area (Å²) in [6, 6.07) is 8.40. The van der Waals surface area contributed by atoms with E-state index < -0.39 is 0 Å². The fourth-order valence-electron chi connectivity index (χ4n) is 2.14. The van der Waals surface area contributed by atoms with Gasteiger partial charge >= 0.3 is 0 Å². The van der Waals surface area contributed by atoms with Gasteiger partial charge < -0.3 is 9.64 Å². The Balaban J connectivity index is 1.80. The van der Waals surface area contributed by atoms with Gasteiger partial charge in [-0.2, -0.15) is 0 Å². The van der Waals surface area contributed by atoms with E-state index in [1.54, 1.807) is 0 Å². The van der Waals surface area contributed by atoms with Crippen molar-refractivity contribution in [2.45, 2.75) is 6.92 Å². The Morgan fingerprint density at radius 3 is 2.21 bits per heavy atom. The molecular weight excluding hydrogens is 238 g/mol. The maximum atomic E-state index is 5.33. The fraction of sp³-hybridized carbons (Fsp3) is 0.333. The molecule has 4 nitrogen and oxygen atoms in total. The van der Waals surface area contributed by atoms with Gasteiger partial charge in [0.15, 0.2) is 0 Å². The van der Waals surface area contributed by atoms with E-state index in [1.807, 2.05) is 12.4 Å². The third kappa shape index (κ3) is 2.74. The van der Waals surface area contributed by atoms with Crippen LogP contribution in [0.3, 0.4) is 0 Å². The Kier molecular flexibility index (Phi) is 3.42. The Hall–Kier alpha value is -1.94. The SMILES string of the molecule is Cc1ccc(-c2cnc(N3CCOCC3)nc2)cc1. The zero-order valence-electron chi connectivity index (χ0n) is 11.0. The lowest BCUT2D eigenvalue weighted by Crippen LogP contribution is -2.37. The first-order valence-corrected chi connectivity index (χ1v) is 6.55. The Morgan fingerprint density at radius 1 is 0.947 bits per heavy atom. The molecular formula is C15H17N3O. The zero-order valence-corrected chi connectivity index (χ0v) is 11.0. The molecule has 4 heteroatoms. The van der Waals surface area contributed by atoms with Gasteiger partial charge in [0, 0.05) is 31.0 Å². The third-order valence-corrected chi connectivity index (χ3v) is 3.32. The number of ether oxygens (including phenoxy) is 1. The lowest BCUT2D eigenvalue weighted by molar-refractivity contribution is 0.122. The molecule has 3 rings (SSSR count). The number of morpholine rings is 1. The van der Waals surface area contributed by atoms with Crippen molar-refractivity contribution in [2.75, 3.05) is 31.2 Å². The van der Waals surface area contributed by atoms with Crippen LogP contribution in [0.15, 0.2) is 36.7 Å². The van der Waals surface area contributed by atoms with Gasteiger partial charge in [0.1, 0.15) is 0 Å². The Labute approximate surface area is 113 Å². The van der Waals surface area contributed by atoms with E-state index in [0.717, 1.165) is 43.4 Å². The maximum absolute atomic E-state index is 5.33. The van der Waals surface area contributed by atoms with E-state index in [9.17, 15) is 0 Å². The summed E-state index contributed by atoms with van der Waals surface area (Å²) in [4.78, 5) is 11.1. The molecule has 0 aliphatic carbocycles. The molecule has 0 unspecified atom stereocenters. The van der Waals surface area contributed by atoms with Crippen LogP contribution in [0.2, 0.25) is 0 Å². The quantitative estimate of drug-likeness (QED) is 0.825. The molecule has 2 aromatic rings. The smallest absolute Gasteiger partial charge is 0.225 e. The number of anilines is 1. The molecule has 98 valence electrons. The molecule has 1 aromatic heterocycles. The summed E-state index contributed by atoms with van der Waals surface area (Å²) in [5.74, 6) is 0.791. The lowest BCUT2D eigenvalue weighted by Gasteiger charge is -2.26. The minimum atomic E-state index is 0.753. The molecule has 0 amide bonds. The summed E-state index contributed by atoms with van der Waals surface area (Å²) in [5.41, 5.74) is 3.46. The maximum Gasteiger partial charge on any atom is 0.225 e. The first-order chi connectivity index (χ1) is 9.33. The molecule has 0 bridgehead atoms. The predicted octanol–water partition coefficient (Wildman–Crippen LogP) is 2.29. The van der Waals surface area contributed by atoms with Crippen LogP contribution in [0, 0.1) is 6.92 Å². The highest BCUT2D eigenvalue weighted by atomic mass is 16.5. The van der Waals surface area contributed by atoms with E-state index in [-0.39, 0.29) is 0 Å². The number of hydrogen-bond acceptors (Lipinski definition) is 4. The van der Waals surface area contributed by atoms with Crippen LogP contribution in [-0.4, -0.2) is 36.3 Å². The van der Waals surface area contributed by atoms with E-state index in [2.05, 4.69) is 46.1 Å². The molecule has 1 aliphatic rings. The minimum absolute atomic E-state index is 0.753. The summed E-state index contributed by atoms with van der Waals surface area (Å²) in [7, 11) is 0. The van der Waals surface area contributed by atoms with Gasteiger partial charge in [-0.3, -0.25) is 0 Å². The molecule has 1 saturated heterocycles.